The van der Waals surface area contributed by atoms with Gasteiger partial charge in [0, 0.05) is 30.3 Å². The molecule has 0 aliphatic carbocycles. The van der Waals surface area contributed by atoms with Crippen LogP contribution < -0.4 is 21.1 Å². The number of ether oxygens (including phenoxy) is 1. The van der Waals surface area contributed by atoms with Crippen LogP contribution in [0.2, 0.25) is 0 Å². The first-order valence-electron chi connectivity index (χ1n) is 12.8. The van der Waals surface area contributed by atoms with Crippen LogP contribution in [0.3, 0.4) is 0 Å². The van der Waals surface area contributed by atoms with E-state index in [9.17, 15) is 29.4 Å². The summed E-state index contributed by atoms with van der Waals surface area (Å²) in [6, 6.07) is 8.68. The Labute approximate surface area is 239 Å². The summed E-state index contributed by atoms with van der Waals surface area (Å²) in [6.45, 7) is 6.55. The lowest BCUT2D eigenvalue weighted by molar-refractivity contribution is -0.165. The van der Waals surface area contributed by atoms with Crippen LogP contribution in [0.25, 0.3) is 11.0 Å². The molecule has 1 aromatic heterocycles. The second kappa shape index (κ2) is 13.0. The van der Waals surface area contributed by atoms with Crippen LogP contribution in [0.15, 0.2) is 35.1 Å². The number of nitrogens with zero attached hydrogens (tertiary/aromatic N) is 1. The third-order valence-electron chi connectivity index (χ3n) is 6.55. The molecule has 0 spiro atoms. The number of β-amino-alcohol motifs (C(OH)–C–C–N with tert-alkyl or cyclic N) is 1. The van der Waals surface area contributed by atoms with Gasteiger partial charge >= 0.3 is 17.6 Å². The van der Waals surface area contributed by atoms with E-state index in [4.69, 9.17) is 25.2 Å². The Kier molecular flexibility index (Phi) is 9.95. The summed E-state index contributed by atoms with van der Waals surface area (Å²) >= 11 is 0. The van der Waals surface area contributed by atoms with Crippen molar-refractivity contribution in [3.63, 3.8) is 0 Å². The SMILES string of the molecule is Cc1ccc2[nH]c(=O)n(CCC(C)(C)NC[C@H](O)c3cc(O)cc4c3OCC(=O)N4)c2c1.O=C(O)C(O)C(O)C(=O)O. The van der Waals surface area contributed by atoms with E-state index in [0.717, 1.165) is 16.6 Å². The summed E-state index contributed by atoms with van der Waals surface area (Å²) in [5, 5.41) is 59.2. The molecule has 15 heteroatoms. The maximum absolute atomic E-state index is 12.4. The Hall–Kier alpha value is -4.44. The minimum absolute atomic E-state index is 0.0723. The van der Waals surface area contributed by atoms with E-state index < -0.39 is 30.3 Å². The van der Waals surface area contributed by atoms with Crippen molar-refractivity contribution in [1.29, 1.82) is 0 Å². The molecule has 1 amide bonds. The number of nitrogens with one attached hydrogen (secondary N) is 3. The first-order chi connectivity index (χ1) is 19.6. The number of aliphatic carboxylic acids is 2. The van der Waals surface area contributed by atoms with Crippen LogP contribution in [-0.4, -0.2) is 88.9 Å². The highest BCUT2D eigenvalue weighted by Crippen LogP contribution is 2.38. The van der Waals surface area contributed by atoms with Gasteiger partial charge in [0.2, 0.25) is 0 Å². The monoisotopic (exact) mass is 590 g/mol. The lowest BCUT2D eigenvalue weighted by atomic mass is 9.99. The van der Waals surface area contributed by atoms with Crippen molar-refractivity contribution in [1.82, 2.24) is 14.9 Å². The van der Waals surface area contributed by atoms with Crippen molar-refractivity contribution in [2.24, 2.45) is 0 Å². The second-order valence-electron chi connectivity index (χ2n) is 10.4. The standard InChI is InChI=1S/C23H28N4O5.C4H6O6/c1-13-4-5-16-18(8-13)27(22(31)26-16)7-6-23(2,3)24-11-19(29)15-9-14(28)10-17-21(15)32-12-20(30)25-17;5-1(3(7)8)2(6)4(9)10/h4-5,8-10,19,24,28-29H,6-7,11-12H2,1-3H3,(H,25,30)(H,26,31);1-2,5-6H,(H,7,8)(H,9,10)/t19-;/m0./s1. The number of carboxylic acids is 2. The third kappa shape index (κ3) is 7.85. The van der Waals surface area contributed by atoms with E-state index in [2.05, 4.69) is 15.6 Å². The van der Waals surface area contributed by atoms with Crippen LogP contribution in [0, 0.1) is 6.92 Å². The number of carbonyl (C=O) groups excluding carboxylic acids is 1. The Morgan fingerprint density at radius 2 is 1.71 bits per heavy atom. The number of anilines is 1. The highest BCUT2D eigenvalue weighted by Gasteiger charge is 2.29. The molecule has 3 aromatic rings. The fourth-order valence-electron chi connectivity index (χ4n) is 4.18. The number of carbonyl (C=O) groups is 3. The number of aliphatic hydroxyl groups is 3. The van der Waals surface area contributed by atoms with Crippen molar-refractivity contribution in [3.8, 4) is 11.5 Å². The fourth-order valence-corrected chi connectivity index (χ4v) is 4.18. The zero-order valence-electron chi connectivity index (χ0n) is 23.1. The van der Waals surface area contributed by atoms with E-state index in [-0.39, 0.29) is 36.0 Å². The normalized spacial score (nSPS) is 15.0. The predicted octanol–water partition coefficient (Wildman–Crippen LogP) is 0.0438. The van der Waals surface area contributed by atoms with Gasteiger partial charge in [0.15, 0.2) is 18.8 Å². The second-order valence-corrected chi connectivity index (χ2v) is 10.4. The Bertz CT molecular complexity index is 1510. The third-order valence-corrected chi connectivity index (χ3v) is 6.55. The summed E-state index contributed by atoms with van der Waals surface area (Å²) in [5.41, 5.74) is 2.96. The minimum atomic E-state index is -2.27. The lowest BCUT2D eigenvalue weighted by Crippen LogP contribution is -2.43. The molecule has 1 aliphatic rings. The molecule has 0 saturated heterocycles. The summed E-state index contributed by atoms with van der Waals surface area (Å²) in [6.07, 6.45) is -4.86. The molecule has 15 nitrogen and oxygen atoms in total. The largest absolute Gasteiger partial charge is 0.508 e. The number of benzene rings is 2. The molecule has 2 unspecified atom stereocenters. The number of fused-ring (bicyclic) bond motifs is 2. The zero-order valence-corrected chi connectivity index (χ0v) is 23.1. The molecule has 1 aliphatic heterocycles. The number of aryl methyl sites for hydroxylation is 2. The molecular weight excluding hydrogens is 556 g/mol. The molecule has 4 rings (SSSR count). The molecule has 42 heavy (non-hydrogen) atoms. The van der Waals surface area contributed by atoms with Crippen LogP contribution in [0.5, 0.6) is 11.5 Å². The highest BCUT2D eigenvalue weighted by atomic mass is 16.5. The van der Waals surface area contributed by atoms with Crippen molar-refractivity contribution < 1.29 is 49.8 Å². The van der Waals surface area contributed by atoms with Gasteiger partial charge in [-0.05, 0) is 51.0 Å². The number of rotatable bonds is 10. The van der Waals surface area contributed by atoms with Crippen molar-refractivity contribution >= 4 is 34.6 Å². The van der Waals surface area contributed by atoms with E-state index in [1.807, 2.05) is 39.0 Å². The van der Waals surface area contributed by atoms with Gasteiger partial charge in [0.25, 0.3) is 5.91 Å². The zero-order chi connectivity index (χ0) is 31.4. The average molecular weight is 591 g/mol. The maximum Gasteiger partial charge on any atom is 0.335 e. The molecular formula is C27H34N4O11. The molecule has 9 N–H and O–H groups in total. The first-order valence-corrected chi connectivity index (χ1v) is 12.8. The molecule has 228 valence electrons. The molecule has 0 saturated carbocycles. The number of aromatic nitrogens is 2. The summed E-state index contributed by atoms with van der Waals surface area (Å²) in [7, 11) is 0. The number of aromatic hydroxyl groups is 1. The van der Waals surface area contributed by atoms with Crippen molar-refractivity contribution in [3.05, 3.63) is 51.9 Å². The van der Waals surface area contributed by atoms with Gasteiger partial charge in [0.05, 0.1) is 22.8 Å². The van der Waals surface area contributed by atoms with E-state index in [1.54, 1.807) is 4.57 Å². The van der Waals surface area contributed by atoms with Gasteiger partial charge in [-0.3, -0.25) is 9.36 Å². The molecule has 0 radical (unpaired) electrons. The van der Waals surface area contributed by atoms with Crippen LogP contribution in [-0.2, 0) is 20.9 Å². The number of phenolic OH excluding ortho intramolecular Hbond substituents is 1. The molecule has 2 heterocycles. The quantitative estimate of drug-likeness (QED) is 0.152. The van der Waals surface area contributed by atoms with E-state index in [1.165, 1.54) is 12.1 Å². The van der Waals surface area contributed by atoms with Gasteiger partial charge in [-0.1, -0.05) is 6.07 Å². The summed E-state index contributed by atoms with van der Waals surface area (Å²) in [4.78, 5) is 46.4. The van der Waals surface area contributed by atoms with E-state index in [0.29, 0.717) is 30.0 Å². The topological polar surface area (TPSA) is 244 Å². The van der Waals surface area contributed by atoms with Crippen molar-refractivity contribution in [2.45, 2.75) is 57.6 Å². The number of aliphatic hydroxyl groups excluding tert-OH is 3. The van der Waals surface area contributed by atoms with Gasteiger partial charge in [-0.25, -0.2) is 14.4 Å². The number of hydrogen-bond donors (Lipinski definition) is 9. The number of hydrogen-bond acceptors (Lipinski definition) is 10. The number of carboxylic acid groups (broad SMARTS) is 2. The Morgan fingerprint density at radius 1 is 1.07 bits per heavy atom. The molecule has 0 bridgehead atoms. The fraction of sp³-hybridized carbons (Fsp3) is 0.407. The van der Waals surface area contributed by atoms with Crippen LogP contribution in [0.4, 0.5) is 5.69 Å². The van der Waals surface area contributed by atoms with Crippen LogP contribution >= 0.6 is 0 Å². The molecule has 0 fully saturated rings. The summed E-state index contributed by atoms with van der Waals surface area (Å²) < 4.78 is 7.21. The minimum Gasteiger partial charge on any atom is -0.508 e. The van der Waals surface area contributed by atoms with Crippen LogP contribution in [0.1, 0.15) is 37.5 Å². The van der Waals surface area contributed by atoms with Gasteiger partial charge in [0.1, 0.15) is 11.5 Å². The summed E-state index contributed by atoms with van der Waals surface area (Å²) in [5.74, 6) is -3.57. The molecule has 2 aromatic carbocycles. The first kappa shape index (κ1) is 32.1. The predicted molar refractivity (Wildman–Crippen MR) is 148 cm³/mol. The van der Waals surface area contributed by atoms with Gasteiger partial charge in [-0.15, -0.1) is 0 Å². The highest BCUT2D eigenvalue weighted by molar-refractivity contribution is 5.96. The molecule has 3 atom stereocenters. The van der Waals surface area contributed by atoms with Crippen molar-refractivity contribution in [2.75, 3.05) is 18.5 Å². The lowest BCUT2D eigenvalue weighted by Gasteiger charge is -2.29. The number of aromatic amines is 1. The number of imidazole rings is 1. The average Bonchev–Trinajstić information content (AvgIpc) is 3.23. The van der Waals surface area contributed by atoms with Gasteiger partial charge in [-0.2, -0.15) is 0 Å². The Balaban J connectivity index is 0.000000416. The maximum atomic E-state index is 12.4. The number of H-pyrrole nitrogens is 1. The van der Waals surface area contributed by atoms with E-state index >= 15 is 0 Å². The Morgan fingerprint density at radius 3 is 2.33 bits per heavy atom. The number of phenols is 1. The van der Waals surface area contributed by atoms with Gasteiger partial charge < -0.3 is 51.0 Å². The smallest absolute Gasteiger partial charge is 0.335 e. The number of amides is 1.